The molecule has 0 bridgehead atoms. The van der Waals surface area contributed by atoms with Gasteiger partial charge < -0.3 is 5.11 Å². The van der Waals surface area contributed by atoms with Crippen LogP contribution in [0.15, 0.2) is 53.4 Å². The molecule has 1 aliphatic heterocycles. The summed E-state index contributed by atoms with van der Waals surface area (Å²) in [6.45, 7) is 0. The van der Waals surface area contributed by atoms with Gasteiger partial charge in [-0.05, 0) is 30.2 Å². The van der Waals surface area contributed by atoms with Gasteiger partial charge in [0, 0.05) is 4.90 Å². The first kappa shape index (κ1) is 14.5. The molecule has 112 valence electrons. The number of aromatic hydroxyl groups is 1. The quantitative estimate of drug-likeness (QED) is 0.740. The lowest BCUT2D eigenvalue weighted by Crippen LogP contribution is -2.45. The van der Waals surface area contributed by atoms with Gasteiger partial charge in [0.1, 0.15) is 5.75 Å². The summed E-state index contributed by atoms with van der Waals surface area (Å²) in [5.41, 5.74) is 6.00. The van der Waals surface area contributed by atoms with Gasteiger partial charge in [-0.25, -0.2) is 0 Å². The molecule has 2 aromatic rings. The summed E-state index contributed by atoms with van der Waals surface area (Å²) in [5, 5.41) is 9.34. The highest BCUT2D eigenvalue weighted by molar-refractivity contribution is 8.01. The second-order valence-corrected chi connectivity index (χ2v) is 6.12. The van der Waals surface area contributed by atoms with Crippen molar-refractivity contribution >= 4 is 23.6 Å². The molecule has 1 aliphatic rings. The summed E-state index contributed by atoms with van der Waals surface area (Å²) in [6.07, 6.45) is 0.638. The summed E-state index contributed by atoms with van der Waals surface area (Å²) >= 11 is 1.48. The number of rotatable bonds is 2. The van der Waals surface area contributed by atoms with Crippen LogP contribution in [0, 0.1) is 0 Å². The molecule has 0 radical (unpaired) electrons. The van der Waals surface area contributed by atoms with Gasteiger partial charge in [0.25, 0.3) is 11.8 Å². The Hall–Kier alpha value is -2.47. The van der Waals surface area contributed by atoms with E-state index in [9.17, 15) is 14.7 Å². The van der Waals surface area contributed by atoms with Gasteiger partial charge >= 0.3 is 0 Å². The summed E-state index contributed by atoms with van der Waals surface area (Å²) in [6, 6.07) is 14.0. The minimum atomic E-state index is -0.549. The summed E-state index contributed by atoms with van der Waals surface area (Å²) in [5.74, 6) is -0.936. The predicted octanol–water partition coefficient (Wildman–Crippen LogP) is 1.87. The molecule has 22 heavy (non-hydrogen) atoms. The second kappa shape index (κ2) is 6.11. The third kappa shape index (κ3) is 2.92. The van der Waals surface area contributed by atoms with E-state index in [4.69, 9.17) is 0 Å². The van der Waals surface area contributed by atoms with E-state index in [0.717, 1.165) is 10.5 Å². The minimum absolute atomic E-state index is 0.116. The second-order valence-electron chi connectivity index (χ2n) is 4.88. The summed E-state index contributed by atoms with van der Waals surface area (Å²) < 4.78 is 0. The number of amides is 2. The fourth-order valence-corrected chi connectivity index (χ4v) is 3.46. The van der Waals surface area contributed by atoms with E-state index < -0.39 is 5.91 Å². The van der Waals surface area contributed by atoms with Gasteiger partial charge in [0.15, 0.2) is 0 Å². The molecule has 1 unspecified atom stereocenters. The maximum absolute atomic E-state index is 12.1. The van der Waals surface area contributed by atoms with Crippen LogP contribution in [-0.4, -0.2) is 22.2 Å². The molecule has 0 aliphatic carbocycles. The number of thioether (sulfide) groups is 1. The Bertz CT molecular complexity index is 708. The number of hydrogen-bond acceptors (Lipinski definition) is 4. The van der Waals surface area contributed by atoms with Gasteiger partial charge in [-0.15, -0.1) is 11.8 Å². The van der Waals surface area contributed by atoms with Crippen LogP contribution in [0.1, 0.15) is 15.9 Å². The van der Waals surface area contributed by atoms with E-state index in [2.05, 4.69) is 10.9 Å². The van der Waals surface area contributed by atoms with Crippen molar-refractivity contribution < 1.29 is 14.7 Å². The van der Waals surface area contributed by atoms with Gasteiger partial charge in [-0.3, -0.25) is 20.4 Å². The minimum Gasteiger partial charge on any atom is -0.507 e. The number of fused-ring (bicyclic) bond motifs is 1. The summed E-state index contributed by atoms with van der Waals surface area (Å²) in [7, 11) is 0. The number of hydrazine groups is 1. The number of benzene rings is 2. The van der Waals surface area contributed by atoms with E-state index >= 15 is 0 Å². The molecule has 1 atom stereocenters. The highest BCUT2D eigenvalue weighted by Crippen LogP contribution is 2.36. The zero-order chi connectivity index (χ0) is 15.5. The van der Waals surface area contributed by atoms with Crippen LogP contribution in [0.5, 0.6) is 5.75 Å². The molecule has 3 N–H and O–H groups in total. The van der Waals surface area contributed by atoms with Crippen LogP contribution in [0.4, 0.5) is 0 Å². The van der Waals surface area contributed by atoms with Crippen LogP contribution in [-0.2, 0) is 11.2 Å². The summed E-state index contributed by atoms with van der Waals surface area (Å²) in [4.78, 5) is 25.1. The normalized spacial score (nSPS) is 15.9. The Morgan fingerprint density at radius 2 is 1.77 bits per heavy atom. The van der Waals surface area contributed by atoms with Crippen LogP contribution in [0.25, 0.3) is 0 Å². The average Bonchev–Trinajstić information content (AvgIpc) is 2.97. The van der Waals surface area contributed by atoms with Crippen LogP contribution < -0.4 is 10.9 Å². The molecular formula is C16H14N2O3S. The number of phenols is 1. The molecular weight excluding hydrogens is 300 g/mol. The number of phenolic OH excluding ortho intramolecular Hbond substituents is 1. The Morgan fingerprint density at radius 1 is 1.05 bits per heavy atom. The molecule has 2 amide bonds. The van der Waals surface area contributed by atoms with E-state index in [1.165, 1.54) is 23.9 Å². The predicted molar refractivity (Wildman–Crippen MR) is 83.5 cm³/mol. The molecule has 0 aromatic heterocycles. The zero-order valence-corrected chi connectivity index (χ0v) is 12.4. The van der Waals surface area contributed by atoms with Gasteiger partial charge in [0.05, 0.1) is 10.8 Å². The third-order valence-corrected chi connectivity index (χ3v) is 4.70. The van der Waals surface area contributed by atoms with Crippen LogP contribution in [0.2, 0.25) is 0 Å². The highest BCUT2D eigenvalue weighted by Gasteiger charge is 2.28. The van der Waals surface area contributed by atoms with Crippen molar-refractivity contribution in [2.24, 2.45) is 0 Å². The lowest BCUT2D eigenvalue weighted by molar-refractivity contribution is -0.121. The van der Waals surface area contributed by atoms with E-state index in [-0.39, 0.29) is 22.5 Å². The number of nitrogens with one attached hydrogen (secondary N) is 2. The van der Waals surface area contributed by atoms with Crippen molar-refractivity contribution in [2.45, 2.75) is 16.6 Å². The maximum Gasteiger partial charge on any atom is 0.273 e. The fourth-order valence-electron chi connectivity index (χ4n) is 2.26. The topological polar surface area (TPSA) is 78.4 Å². The largest absolute Gasteiger partial charge is 0.507 e. The first-order chi connectivity index (χ1) is 10.6. The van der Waals surface area contributed by atoms with Crippen molar-refractivity contribution in [2.75, 3.05) is 0 Å². The average molecular weight is 314 g/mol. The zero-order valence-electron chi connectivity index (χ0n) is 11.6. The SMILES string of the molecule is O=C(NNC(=O)C1Cc2ccccc2S1)c1ccccc1O. The van der Waals surface area contributed by atoms with Crippen molar-refractivity contribution in [3.8, 4) is 5.75 Å². The van der Waals surface area contributed by atoms with Gasteiger partial charge in [-0.1, -0.05) is 30.3 Å². The molecule has 0 saturated heterocycles. The molecule has 6 heteroatoms. The molecule has 0 spiro atoms. The van der Waals surface area contributed by atoms with Crippen molar-refractivity contribution in [3.05, 3.63) is 59.7 Å². The van der Waals surface area contributed by atoms with Gasteiger partial charge in [0.2, 0.25) is 0 Å². The number of carbonyl (C=O) groups is 2. The molecule has 0 fully saturated rings. The first-order valence-corrected chi connectivity index (χ1v) is 7.66. The molecule has 1 heterocycles. The molecule has 2 aromatic carbocycles. The van der Waals surface area contributed by atoms with Gasteiger partial charge in [-0.2, -0.15) is 0 Å². The van der Waals surface area contributed by atoms with Crippen molar-refractivity contribution in [1.82, 2.24) is 10.9 Å². The fraction of sp³-hybridized carbons (Fsp3) is 0.125. The maximum atomic E-state index is 12.1. The Balaban J connectivity index is 1.58. The highest BCUT2D eigenvalue weighted by atomic mass is 32.2. The standard InChI is InChI=1S/C16H14N2O3S/c19-12-7-3-2-6-11(12)15(20)17-18-16(21)14-9-10-5-1-4-8-13(10)22-14/h1-8,14,19H,9H2,(H,17,20)(H,18,21). The number of carbonyl (C=O) groups excluding carboxylic acids is 2. The lowest BCUT2D eigenvalue weighted by Gasteiger charge is -2.11. The Labute approximate surface area is 131 Å². The van der Waals surface area contributed by atoms with E-state index in [1.807, 2.05) is 24.3 Å². The molecule has 0 saturated carbocycles. The van der Waals surface area contributed by atoms with Crippen molar-refractivity contribution in [3.63, 3.8) is 0 Å². The number of hydrogen-bond donors (Lipinski definition) is 3. The molecule has 5 nitrogen and oxygen atoms in total. The lowest BCUT2D eigenvalue weighted by atomic mass is 10.1. The van der Waals surface area contributed by atoms with E-state index in [0.29, 0.717) is 6.42 Å². The molecule has 3 rings (SSSR count). The first-order valence-electron chi connectivity index (χ1n) is 6.78. The smallest absolute Gasteiger partial charge is 0.273 e. The monoisotopic (exact) mass is 314 g/mol. The Morgan fingerprint density at radius 3 is 2.55 bits per heavy atom. The van der Waals surface area contributed by atoms with E-state index in [1.54, 1.807) is 12.1 Å². The third-order valence-electron chi connectivity index (χ3n) is 3.39. The number of para-hydroxylation sites is 1. The van der Waals surface area contributed by atoms with Crippen LogP contribution in [0.3, 0.4) is 0 Å². The van der Waals surface area contributed by atoms with Crippen molar-refractivity contribution in [1.29, 1.82) is 0 Å². The van der Waals surface area contributed by atoms with Crippen LogP contribution >= 0.6 is 11.8 Å². The Kier molecular flexibility index (Phi) is 4.02.